The largest absolute Gasteiger partial charge is 0.481 e. The van der Waals surface area contributed by atoms with Crippen molar-refractivity contribution in [2.45, 2.75) is 12.5 Å². The zero-order chi connectivity index (χ0) is 17.4. The predicted octanol–water partition coefficient (Wildman–Crippen LogP) is 1.36. The first-order valence-electron chi connectivity index (χ1n) is 8.15. The highest BCUT2D eigenvalue weighted by Crippen LogP contribution is 2.41. The molecule has 1 amide bonds. The third-order valence-corrected chi connectivity index (χ3v) is 4.60. The summed E-state index contributed by atoms with van der Waals surface area (Å²) in [6.45, 7) is 1.07. The predicted molar refractivity (Wildman–Crippen MR) is 84.2 cm³/mol. The molecule has 2 heterocycles. The van der Waals surface area contributed by atoms with Gasteiger partial charge in [-0.25, -0.2) is 0 Å². The molecule has 1 aromatic carbocycles. The Morgan fingerprint density at radius 2 is 2.00 bits per heavy atom. The lowest BCUT2D eigenvalue weighted by Gasteiger charge is -2.33. The summed E-state index contributed by atoms with van der Waals surface area (Å²) in [5.74, 6) is -1.39. The Bertz CT molecular complexity index is 791. The van der Waals surface area contributed by atoms with Gasteiger partial charge in [-0.05, 0) is 18.6 Å². The van der Waals surface area contributed by atoms with Gasteiger partial charge in [0, 0.05) is 12.1 Å². The van der Waals surface area contributed by atoms with E-state index in [2.05, 4.69) is 10.1 Å². The maximum atomic E-state index is 12.7. The Morgan fingerprint density at radius 1 is 1.20 bits per heavy atom. The summed E-state index contributed by atoms with van der Waals surface area (Å²) >= 11 is 0. The number of carboxylic acid groups (broad SMARTS) is 1. The number of carboxylic acids is 1. The van der Waals surface area contributed by atoms with Gasteiger partial charge >= 0.3 is 5.97 Å². The number of ether oxygens (including phenoxy) is 1. The number of carbonyl (C=O) groups excluding carboxylic acids is 1. The molecule has 0 spiro atoms. The van der Waals surface area contributed by atoms with Crippen molar-refractivity contribution in [1.82, 2.24) is 15.0 Å². The number of hydrogen-bond donors (Lipinski definition) is 1. The molecule has 8 heteroatoms. The quantitative estimate of drug-likeness (QED) is 0.893. The van der Waals surface area contributed by atoms with Crippen molar-refractivity contribution in [3.05, 3.63) is 36.2 Å². The van der Waals surface area contributed by atoms with Gasteiger partial charge in [-0.3, -0.25) is 9.59 Å². The van der Waals surface area contributed by atoms with E-state index in [0.717, 1.165) is 5.56 Å². The molecule has 1 aliphatic heterocycles. The summed E-state index contributed by atoms with van der Waals surface area (Å²) in [6.07, 6.45) is 0.389. The van der Waals surface area contributed by atoms with Crippen molar-refractivity contribution < 1.29 is 24.0 Å². The zero-order valence-corrected chi connectivity index (χ0v) is 13.4. The molecular formula is C17H17N3O5. The third kappa shape index (κ3) is 3.00. The van der Waals surface area contributed by atoms with E-state index >= 15 is 0 Å². The van der Waals surface area contributed by atoms with Gasteiger partial charge in [-0.1, -0.05) is 23.4 Å². The Balaban J connectivity index is 1.55. The van der Waals surface area contributed by atoms with E-state index in [1.54, 1.807) is 4.90 Å². The number of aliphatic carboxylic acids is 1. The molecule has 130 valence electrons. The first kappa shape index (κ1) is 15.8. The second-order valence-corrected chi connectivity index (χ2v) is 6.23. The minimum atomic E-state index is -0.922. The highest BCUT2D eigenvalue weighted by atomic mass is 16.5. The average Bonchev–Trinajstić information content (AvgIpc) is 3.31. The maximum absolute atomic E-state index is 12.7. The second kappa shape index (κ2) is 6.29. The van der Waals surface area contributed by atoms with Crippen LogP contribution in [0.2, 0.25) is 0 Å². The van der Waals surface area contributed by atoms with Crippen LogP contribution in [0.25, 0.3) is 11.5 Å². The van der Waals surface area contributed by atoms with Crippen LogP contribution in [0.15, 0.2) is 34.9 Å². The first-order chi connectivity index (χ1) is 12.1. The van der Waals surface area contributed by atoms with Gasteiger partial charge in [0.25, 0.3) is 5.89 Å². The molecule has 1 N–H and O–H groups in total. The number of amides is 1. The fraction of sp³-hybridized carbons (Fsp3) is 0.412. The summed E-state index contributed by atoms with van der Waals surface area (Å²) in [4.78, 5) is 29.7. The van der Waals surface area contributed by atoms with Crippen LogP contribution in [0.1, 0.15) is 18.3 Å². The SMILES string of the molecule is O=C(O)C1CC1C(=O)N1CCOCC1c1noc(-c2ccccc2)n1. The first-order valence-corrected chi connectivity index (χ1v) is 8.15. The lowest BCUT2D eigenvalue weighted by atomic mass is 10.1. The Morgan fingerprint density at radius 3 is 2.72 bits per heavy atom. The van der Waals surface area contributed by atoms with Crippen LogP contribution in [0.5, 0.6) is 0 Å². The van der Waals surface area contributed by atoms with Crippen LogP contribution in [-0.2, 0) is 14.3 Å². The Kier molecular flexibility index (Phi) is 3.96. The van der Waals surface area contributed by atoms with E-state index in [0.29, 0.717) is 31.3 Å². The monoisotopic (exact) mass is 343 g/mol. The fourth-order valence-corrected chi connectivity index (χ4v) is 3.10. The van der Waals surface area contributed by atoms with E-state index in [4.69, 9.17) is 14.4 Å². The molecule has 0 bridgehead atoms. The second-order valence-electron chi connectivity index (χ2n) is 6.23. The highest BCUT2D eigenvalue weighted by molar-refractivity contribution is 5.89. The van der Waals surface area contributed by atoms with Gasteiger partial charge < -0.3 is 19.3 Å². The molecule has 1 saturated heterocycles. The van der Waals surface area contributed by atoms with Crippen molar-refractivity contribution in [3.63, 3.8) is 0 Å². The van der Waals surface area contributed by atoms with E-state index < -0.39 is 23.8 Å². The standard InChI is InChI=1S/C17H17N3O5/c21-16(11-8-12(11)17(22)23)20-6-7-24-9-13(20)14-18-15(25-19-14)10-4-2-1-3-5-10/h1-5,11-13H,6-9H2,(H,22,23). The van der Waals surface area contributed by atoms with Gasteiger partial charge in [0.05, 0.1) is 25.0 Å². The van der Waals surface area contributed by atoms with E-state index in [-0.39, 0.29) is 12.5 Å². The van der Waals surface area contributed by atoms with Gasteiger partial charge in [0.2, 0.25) is 5.91 Å². The molecule has 2 aromatic rings. The number of morpholine rings is 1. The van der Waals surface area contributed by atoms with Crippen LogP contribution >= 0.6 is 0 Å². The minimum absolute atomic E-state index is 0.174. The molecule has 0 radical (unpaired) electrons. The van der Waals surface area contributed by atoms with E-state index in [1.807, 2.05) is 30.3 Å². The summed E-state index contributed by atoms with van der Waals surface area (Å²) in [5, 5.41) is 13.1. The molecule has 3 atom stereocenters. The molecule has 1 aromatic heterocycles. The molecule has 2 fully saturated rings. The van der Waals surface area contributed by atoms with Crippen LogP contribution in [0, 0.1) is 11.8 Å². The van der Waals surface area contributed by atoms with Crippen molar-refractivity contribution in [2.75, 3.05) is 19.8 Å². The van der Waals surface area contributed by atoms with Gasteiger partial charge in [-0.15, -0.1) is 0 Å². The smallest absolute Gasteiger partial charge is 0.307 e. The fourth-order valence-electron chi connectivity index (χ4n) is 3.10. The molecule has 1 saturated carbocycles. The number of nitrogens with zero attached hydrogens (tertiary/aromatic N) is 3. The molecule has 25 heavy (non-hydrogen) atoms. The summed E-state index contributed by atoms with van der Waals surface area (Å²) in [5.41, 5.74) is 0.795. The van der Waals surface area contributed by atoms with Crippen LogP contribution < -0.4 is 0 Å². The number of aromatic nitrogens is 2. The van der Waals surface area contributed by atoms with Crippen molar-refractivity contribution in [2.24, 2.45) is 11.8 Å². The molecule has 1 aliphatic carbocycles. The van der Waals surface area contributed by atoms with Gasteiger partial charge in [0.15, 0.2) is 5.82 Å². The lowest BCUT2D eigenvalue weighted by molar-refractivity contribution is -0.146. The molecule has 2 aliphatic rings. The average molecular weight is 343 g/mol. The highest BCUT2D eigenvalue weighted by Gasteiger charge is 2.51. The summed E-state index contributed by atoms with van der Waals surface area (Å²) in [6, 6.07) is 8.90. The summed E-state index contributed by atoms with van der Waals surface area (Å²) < 4.78 is 10.8. The maximum Gasteiger partial charge on any atom is 0.307 e. The normalized spacial score (nSPS) is 25.6. The third-order valence-electron chi connectivity index (χ3n) is 4.60. The van der Waals surface area contributed by atoms with Crippen molar-refractivity contribution >= 4 is 11.9 Å². The zero-order valence-electron chi connectivity index (χ0n) is 13.4. The lowest BCUT2D eigenvalue weighted by Crippen LogP contribution is -2.45. The molecular weight excluding hydrogens is 326 g/mol. The minimum Gasteiger partial charge on any atom is -0.481 e. The number of rotatable bonds is 4. The molecule has 8 nitrogen and oxygen atoms in total. The van der Waals surface area contributed by atoms with E-state index in [1.165, 1.54) is 0 Å². The van der Waals surface area contributed by atoms with Crippen LogP contribution in [-0.4, -0.2) is 51.8 Å². The number of carbonyl (C=O) groups is 2. The molecule has 4 rings (SSSR count). The van der Waals surface area contributed by atoms with Crippen LogP contribution in [0.4, 0.5) is 0 Å². The summed E-state index contributed by atoms with van der Waals surface area (Å²) in [7, 11) is 0. The van der Waals surface area contributed by atoms with Crippen molar-refractivity contribution in [3.8, 4) is 11.5 Å². The topological polar surface area (TPSA) is 106 Å². The number of benzene rings is 1. The Labute approximate surface area is 143 Å². The van der Waals surface area contributed by atoms with Gasteiger partial charge in [-0.2, -0.15) is 4.98 Å². The van der Waals surface area contributed by atoms with Crippen LogP contribution in [0.3, 0.4) is 0 Å². The van der Waals surface area contributed by atoms with Gasteiger partial charge in [0.1, 0.15) is 6.04 Å². The van der Waals surface area contributed by atoms with E-state index in [9.17, 15) is 9.59 Å². The Hall–Kier alpha value is -2.74. The van der Waals surface area contributed by atoms with Crippen molar-refractivity contribution in [1.29, 1.82) is 0 Å². The molecule has 3 unspecified atom stereocenters. The number of hydrogen-bond acceptors (Lipinski definition) is 6.